The number of hydrogen-bond donors (Lipinski definition) is 1. The van der Waals surface area contributed by atoms with Crippen LogP contribution < -0.4 is 5.32 Å². The molecule has 0 spiro atoms. The second kappa shape index (κ2) is 11.4. The molecule has 3 aromatic carbocycles. The van der Waals surface area contributed by atoms with E-state index in [2.05, 4.69) is 11.4 Å². The Morgan fingerprint density at radius 3 is 2.53 bits per heavy atom. The van der Waals surface area contributed by atoms with E-state index in [1.807, 2.05) is 18.2 Å². The second-order valence-electron chi connectivity index (χ2n) is 9.01. The van der Waals surface area contributed by atoms with Crippen molar-refractivity contribution < 1.29 is 27.5 Å². The molecular formula is C29H26F3N3O3. The molecule has 6 nitrogen and oxygen atoms in total. The number of benzene rings is 3. The van der Waals surface area contributed by atoms with Crippen LogP contribution in [0.3, 0.4) is 0 Å². The minimum absolute atomic E-state index is 0.215. The molecule has 0 unspecified atom stereocenters. The lowest BCUT2D eigenvalue weighted by Gasteiger charge is -2.32. The van der Waals surface area contributed by atoms with Gasteiger partial charge in [-0.2, -0.15) is 18.4 Å². The fourth-order valence-electron chi connectivity index (χ4n) is 4.66. The van der Waals surface area contributed by atoms with Crippen LogP contribution in [0, 0.1) is 11.3 Å². The van der Waals surface area contributed by atoms with Crippen molar-refractivity contribution >= 4 is 12.0 Å². The quantitative estimate of drug-likeness (QED) is 0.388. The Balaban J connectivity index is 1.51. The summed E-state index contributed by atoms with van der Waals surface area (Å²) in [5.41, 5.74) is 3.81. The Morgan fingerprint density at radius 1 is 1.11 bits per heavy atom. The van der Waals surface area contributed by atoms with E-state index in [0.717, 1.165) is 28.8 Å². The lowest BCUT2D eigenvalue weighted by atomic mass is 9.90. The van der Waals surface area contributed by atoms with Crippen molar-refractivity contribution in [1.82, 2.24) is 10.2 Å². The van der Waals surface area contributed by atoms with Crippen LogP contribution in [-0.4, -0.2) is 30.6 Å². The number of carbonyl (C=O) groups is 2. The van der Waals surface area contributed by atoms with Gasteiger partial charge in [0.2, 0.25) is 0 Å². The largest absolute Gasteiger partial charge is 0.465 e. The van der Waals surface area contributed by atoms with Crippen LogP contribution in [0.5, 0.6) is 0 Å². The van der Waals surface area contributed by atoms with Crippen molar-refractivity contribution in [2.75, 3.05) is 13.7 Å². The monoisotopic (exact) mass is 521 g/mol. The number of nitriles is 1. The van der Waals surface area contributed by atoms with Crippen molar-refractivity contribution in [3.8, 4) is 17.2 Å². The van der Waals surface area contributed by atoms with Gasteiger partial charge >= 0.3 is 18.2 Å². The number of halogens is 3. The van der Waals surface area contributed by atoms with Gasteiger partial charge in [-0.25, -0.2) is 9.59 Å². The number of ether oxygens (including phenoxy) is 1. The highest BCUT2D eigenvalue weighted by Gasteiger charge is 2.30. The van der Waals surface area contributed by atoms with E-state index in [0.29, 0.717) is 42.6 Å². The molecule has 0 aliphatic carbocycles. The third-order valence-corrected chi connectivity index (χ3v) is 6.63. The summed E-state index contributed by atoms with van der Waals surface area (Å²) in [5.74, 6) is -0.492. The molecule has 2 amide bonds. The second-order valence-corrected chi connectivity index (χ2v) is 9.01. The van der Waals surface area contributed by atoms with Gasteiger partial charge in [0.1, 0.15) is 0 Å². The summed E-state index contributed by atoms with van der Waals surface area (Å²) >= 11 is 0. The van der Waals surface area contributed by atoms with Gasteiger partial charge < -0.3 is 15.0 Å². The van der Waals surface area contributed by atoms with E-state index < -0.39 is 23.8 Å². The molecule has 196 valence electrons. The molecule has 38 heavy (non-hydrogen) atoms. The Morgan fingerprint density at radius 2 is 1.84 bits per heavy atom. The van der Waals surface area contributed by atoms with Crippen molar-refractivity contribution in [3.05, 3.63) is 94.5 Å². The molecule has 0 radical (unpaired) electrons. The normalized spacial score (nSPS) is 13.7. The number of hydrogen-bond acceptors (Lipinski definition) is 4. The molecule has 1 heterocycles. The van der Waals surface area contributed by atoms with E-state index in [1.54, 1.807) is 29.2 Å². The van der Waals surface area contributed by atoms with Gasteiger partial charge in [0.15, 0.2) is 0 Å². The number of nitrogens with one attached hydrogen (secondary N) is 1. The zero-order valence-corrected chi connectivity index (χ0v) is 20.7. The number of esters is 1. The van der Waals surface area contributed by atoms with E-state index >= 15 is 0 Å². The van der Waals surface area contributed by atoms with Gasteiger partial charge in [0.05, 0.1) is 30.3 Å². The lowest BCUT2D eigenvalue weighted by molar-refractivity contribution is -0.137. The average molecular weight is 522 g/mol. The SMILES string of the molecule is COC(=O)c1cccc([C@H](CCC#N)NC(=O)N2CCc3c(cccc3-c3ccc(C(F)(F)F)cc3)C2)c1. The maximum Gasteiger partial charge on any atom is 0.416 e. The molecule has 1 atom stereocenters. The van der Waals surface area contributed by atoms with Crippen LogP contribution in [-0.2, 0) is 23.9 Å². The molecular weight excluding hydrogens is 495 g/mol. The van der Waals surface area contributed by atoms with E-state index in [-0.39, 0.29) is 12.5 Å². The first-order valence-corrected chi connectivity index (χ1v) is 12.1. The number of alkyl halides is 3. The maximum absolute atomic E-state index is 13.2. The zero-order chi connectivity index (χ0) is 27.3. The standard InChI is InChI=1S/C29H26F3N3O3/c1-38-27(36)21-6-2-5-20(17-21)26(9-4-15-33)34-28(37)35-16-14-25-22(18-35)7-3-8-24(25)19-10-12-23(13-11-19)29(30,31)32/h2-3,5-8,10-13,17,26H,4,9,14,16,18H2,1H3,(H,34,37)/t26-/m0/s1. The Hall–Kier alpha value is -4.32. The summed E-state index contributed by atoms with van der Waals surface area (Å²) in [5, 5.41) is 12.1. The summed E-state index contributed by atoms with van der Waals surface area (Å²) in [6.45, 7) is 0.756. The smallest absolute Gasteiger partial charge is 0.416 e. The molecule has 1 N–H and O–H groups in total. The van der Waals surface area contributed by atoms with Crippen molar-refractivity contribution in [2.24, 2.45) is 0 Å². The Kier molecular flexibility index (Phi) is 8.01. The highest BCUT2D eigenvalue weighted by Crippen LogP contribution is 2.34. The molecule has 0 saturated carbocycles. The van der Waals surface area contributed by atoms with Crippen LogP contribution in [0.1, 0.15) is 51.5 Å². The Bertz CT molecular complexity index is 1360. The minimum atomic E-state index is -4.39. The van der Waals surface area contributed by atoms with Gasteiger partial charge in [-0.05, 0) is 64.9 Å². The lowest BCUT2D eigenvalue weighted by Crippen LogP contribution is -2.44. The molecule has 0 saturated heterocycles. The summed E-state index contributed by atoms with van der Waals surface area (Å²) in [6, 6.07) is 18.8. The molecule has 1 aliphatic heterocycles. The van der Waals surface area contributed by atoms with Gasteiger partial charge in [-0.3, -0.25) is 0 Å². The van der Waals surface area contributed by atoms with Crippen LogP contribution >= 0.6 is 0 Å². The van der Waals surface area contributed by atoms with Crippen LogP contribution in [0.15, 0.2) is 66.7 Å². The van der Waals surface area contributed by atoms with E-state index in [1.165, 1.54) is 19.2 Å². The molecule has 0 aromatic heterocycles. The van der Waals surface area contributed by atoms with Gasteiger partial charge in [-0.15, -0.1) is 0 Å². The third-order valence-electron chi connectivity index (χ3n) is 6.63. The van der Waals surface area contributed by atoms with Crippen molar-refractivity contribution in [1.29, 1.82) is 5.26 Å². The van der Waals surface area contributed by atoms with Crippen LogP contribution in [0.25, 0.3) is 11.1 Å². The summed E-state index contributed by atoms with van der Waals surface area (Å²) < 4.78 is 43.7. The first-order chi connectivity index (χ1) is 18.2. The van der Waals surface area contributed by atoms with E-state index in [9.17, 15) is 22.8 Å². The summed E-state index contributed by atoms with van der Waals surface area (Å²) in [6.07, 6.45) is -3.27. The molecule has 4 rings (SSSR count). The fraction of sp³-hybridized carbons (Fsp3) is 0.276. The third kappa shape index (κ3) is 5.97. The molecule has 0 bridgehead atoms. The van der Waals surface area contributed by atoms with Crippen molar-refractivity contribution in [3.63, 3.8) is 0 Å². The number of rotatable bonds is 6. The van der Waals surface area contributed by atoms with Gasteiger partial charge in [0.25, 0.3) is 0 Å². The number of amides is 2. The maximum atomic E-state index is 13.2. The van der Waals surface area contributed by atoms with E-state index in [4.69, 9.17) is 10.00 Å². The number of carbonyl (C=O) groups excluding carboxylic acids is 2. The number of fused-ring (bicyclic) bond motifs is 1. The highest BCUT2D eigenvalue weighted by molar-refractivity contribution is 5.89. The van der Waals surface area contributed by atoms with Crippen LogP contribution in [0.4, 0.5) is 18.0 Å². The highest BCUT2D eigenvalue weighted by atomic mass is 19.4. The number of urea groups is 1. The predicted molar refractivity (Wildman–Crippen MR) is 135 cm³/mol. The Labute approximate surface area is 218 Å². The first-order valence-electron chi connectivity index (χ1n) is 12.1. The van der Waals surface area contributed by atoms with Gasteiger partial charge in [-0.1, -0.05) is 42.5 Å². The average Bonchev–Trinajstić information content (AvgIpc) is 2.93. The summed E-state index contributed by atoms with van der Waals surface area (Å²) in [4.78, 5) is 26.9. The number of methoxy groups -OCH3 is 1. The topological polar surface area (TPSA) is 82.4 Å². The van der Waals surface area contributed by atoms with Crippen LogP contribution in [0.2, 0.25) is 0 Å². The molecule has 1 aliphatic rings. The molecule has 9 heteroatoms. The minimum Gasteiger partial charge on any atom is -0.465 e. The fourth-order valence-corrected chi connectivity index (χ4v) is 4.66. The summed E-state index contributed by atoms with van der Waals surface area (Å²) in [7, 11) is 1.29. The predicted octanol–water partition coefficient (Wildman–Crippen LogP) is 6.27. The molecule has 0 fully saturated rings. The van der Waals surface area contributed by atoms with Gasteiger partial charge in [0, 0.05) is 19.5 Å². The molecule has 3 aromatic rings. The first kappa shape index (κ1) is 26.7. The zero-order valence-electron chi connectivity index (χ0n) is 20.7. The number of nitrogens with zero attached hydrogens (tertiary/aromatic N) is 2. The van der Waals surface area contributed by atoms with Crippen molar-refractivity contribution in [2.45, 2.75) is 38.0 Å².